The molecule has 1 N–H and O–H groups in total. The largest absolute Gasteiger partial charge is 0.458 e. The van der Waals surface area contributed by atoms with E-state index in [1.807, 2.05) is 0 Å². The van der Waals surface area contributed by atoms with Crippen molar-refractivity contribution in [1.82, 2.24) is 0 Å². The summed E-state index contributed by atoms with van der Waals surface area (Å²) in [4.78, 5) is 24.3. The third-order valence-corrected chi connectivity index (χ3v) is 6.12. The van der Waals surface area contributed by atoms with Crippen LogP contribution >= 0.6 is 0 Å². The number of rotatable bonds is 2. The highest BCUT2D eigenvalue weighted by molar-refractivity contribution is 5.91. The van der Waals surface area contributed by atoms with Crippen molar-refractivity contribution in [2.45, 2.75) is 64.3 Å². The summed E-state index contributed by atoms with van der Waals surface area (Å²) in [6, 6.07) is 0. The predicted octanol–water partition coefficient (Wildman–Crippen LogP) is 2.53. The molecule has 0 aromatic rings. The van der Waals surface area contributed by atoms with Crippen LogP contribution in [0.15, 0.2) is 24.3 Å². The zero-order valence-electron chi connectivity index (χ0n) is 14.6. The van der Waals surface area contributed by atoms with Crippen LogP contribution in [0.25, 0.3) is 0 Å². The third kappa shape index (κ3) is 2.50. The molecule has 0 bridgehead atoms. The maximum atomic E-state index is 12.2. The normalized spacial score (nSPS) is 44.3. The molecule has 0 amide bonds. The summed E-state index contributed by atoms with van der Waals surface area (Å²) in [6.07, 6.45) is 2.13. The number of carbonyl (C=O) groups excluding carboxylic acids is 2. The van der Waals surface area contributed by atoms with E-state index in [9.17, 15) is 14.7 Å². The molecule has 0 aromatic carbocycles. The van der Waals surface area contributed by atoms with Gasteiger partial charge in [0.25, 0.3) is 0 Å². The van der Waals surface area contributed by atoms with E-state index in [4.69, 9.17) is 9.47 Å². The monoisotopic (exact) mass is 334 g/mol. The second-order valence-electron chi connectivity index (χ2n) is 8.19. The van der Waals surface area contributed by atoms with Crippen LogP contribution in [-0.2, 0) is 19.1 Å². The first-order valence-corrected chi connectivity index (χ1v) is 8.55. The van der Waals surface area contributed by atoms with Gasteiger partial charge in [0.1, 0.15) is 12.2 Å². The van der Waals surface area contributed by atoms with Crippen molar-refractivity contribution in [3.05, 3.63) is 24.3 Å². The lowest BCUT2D eigenvalue weighted by atomic mass is 9.51. The molecule has 0 unspecified atom stereocenters. The van der Waals surface area contributed by atoms with Crippen LogP contribution < -0.4 is 0 Å². The molecule has 3 aliphatic rings. The van der Waals surface area contributed by atoms with E-state index in [1.54, 1.807) is 13.8 Å². The number of hydrogen-bond donors (Lipinski definition) is 1. The molecule has 0 radical (unpaired) electrons. The average Bonchev–Trinajstić information content (AvgIpc) is 2.71. The van der Waals surface area contributed by atoms with Gasteiger partial charge in [0.2, 0.25) is 0 Å². The molecule has 5 nitrogen and oxygen atoms in total. The molecule has 2 saturated carbocycles. The molecular formula is C19H26O5. The Morgan fingerprint density at radius 2 is 2.04 bits per heavy atom. The minimum atomic E-state index is -0.968. The van der Waals surface area contributed by atoms with Crippen molar-refractivity contribution < 1.29 is 24.2 Å². The van der Waals surface area contributed by atoms with Gasteiger partial charge in [0.15, 0.2) is 0 Å². The Bertz CT molecular complexity index is 619. The summed E-state index contributed by atoms with van der Waals surface area (Å²) < 4.78 is 11.3. The number of aliphatic hydroxyl groups is 1. The second-order valence-corrected chi connectivity index (χ2v) is 8.19. The lowest BCUT2D eigenvalue weighted by Crippen LogP contribution is -2.62. The highest BCUT2D eigenvalue weighted by atomic mass is 16.6. The molecule has 0 aromatic heterocycles. The van der Waals surface area contributed by atoms with Crippen molar-refractivity contribution in [2.24, 2.45) is 17.3 Å². The van der Waals surface area contributed by atoms with Gasteiger partial charge in [-0.2, -0.15) is 0 Å². The van der Waals surface area contributed by atoms with Crippen molar-refractivity contribution in [3.8, 4) is 0 Å². The summed E-state index contributed by atoms with van der Waals surface area (Å²) in [5.74, 6) is -1.60. The van der Waals surface area contributed by atoms with Crippen LogP contribution in [0.2, 0.25) is 0 Å². The lowest BCUT2D eigenvalue weighted by molar-refractivity contribution is -0.208. The van der Waals surface area contributed by atoms with Gasteiger partial charge < -0.3 is 14.6 Å². The molecular weight excluding hydrogens is 308 g/mol. The molecule has 5 heteroatoms. The fourth-order valence-electron chi connectivity index (χ4n) is 5.15. The Morgan fingerprint density at radius 1 is 1.38 bits per heavy atom. The fourth-order valence-corrected chi connectivity index (χ4v) is 5.15. The fraction of sp³-hybridized carbons (Fsp3) is 0.684. The third-order valence-electron chi connectivity index (χ3n) is 6.12. The Hall–Kier alpha value is -1.62. The minimum absolute atomic E-state index is 0.256. The first kappa shape index (κ1) is 17.2. The minimum Gasteiger partial charge on any atom is -0.458 e. The van der Waals surface area contributed by atoms with E-state index in [-0.39, 0.29) is 17.4 Å². The Morgan fingerprint density at radius 3 is 2.67 bits per heavy atom. The Kier molecular flexibility index (Phi) is 3.91. The SMILES string of the molecule is C=C(C)C(=O)O[C@H]1[C@@H]2C(=C)C(=O)O[C@@H]2C[C@]2(C)CCC[C@](C)(O)[C@@H]12. The van der Waals surface area contributed by atoms with E-state index in [1.165, 1.54) is 0 Å². The van der Waals surface area contributed by atoms with Gasteiger partial charge in [-0.1, -0.05) is 26.5 Å². The van der Waals surface area contributed by atoms with Crippen LogP contribution in [-0.4, -0.2) is 34.9 Å². The molecule has 24 heavy (non-hydrogen) atoms. The van der Waals surface area contributed by atoms with E-state index in [0.29, 0.717) is 24.0 Å². The number of fused-ring (bicyclic) bond motifs is 2. The number of carbonyl (C=O) groups is 2. The first-order chi connectivity index (χ1) is 11.1. The smallest absolute Gasteiger partial charge is 0.334 e. The van der Waals surface area contributed by atoms with Crippen molar-refractivity contribution in [3.63, 3.8) is 0 Å². The topological polar surface area (TPSA) is 72.8 Å². The van der Waals surface area contributed by atoms with Gasteiger partial charge in [-0.25, -0.2) is 9.59 Å². The molecule has 2 aliphatic carbocycles. The Labute approximate surface area is 142 Å². The van der Waals surface area contributed by atoms with E-state index in [2.05, 4.69) is 20.1 Å². The maximum Gasteiger partial charge on any atom is 0.334 e. The molecule has 6 atom stereocenters. The molecule has 1 aliphatic heterocycles. The van der Waals surface area contributed by atoms with E-state index in [0.717, 1.165) is 12.8 Å². The van der Waals surface area contributed by atoms with Gasteiger partial charge >= 0.3 is 11.9 Å². The number of ether oxygens (including phenoxy) is 2. The highest BCUT2D eigenvalue weighted by Gasteiger charge is 2.63. The van der Waals surface area contributed by atoms with E-state index < -0.39 is 29.6 Å². The Balaban J connectivity index is 2.05. The maximum absolute atomic E-state index is 12.2. The summed E-state index contributed by atoms with van der Waals surface area (Å²) in [5.41, 5.74) is -0.592. The van der Waals surface area contributed by atoms with Crippen LogP contribution in [0.5, 0.6) is 0 Å². The van der Waals surface area contributed by atoms with Crippen LogP contribution in [0.3, 0.4) is 0 Å². The first-order valence-electron chi connectivity index (χ1n) is 8.55. The molecule has 0 spiro atoms. The van der Waals surface area contributed by atoms with Gasteiger partial charge in [0.05, 0.1) is 11.5 Å². The number of esters is 2. The van der Waals surface area contributed by atoms with Crippen LogP contribution in [0.1, 0.15) is 46.5 Å². The van der Waals surface area contributed by atoms with Crippen molar-refractivity contribution in [2.75, 3.05) is 0 Å². The highest BCUT2D eigenvalue weighted by Crippen LogP contribution is 2.59. The summed E-state index contributed by atoms with van der Waals surface area (Å²) in [7, 11) is 0. The second kappa shape index (κ2) is 5.45. The van der Waals surface area contributed by atoms with Gasteiger partial charge in [-0.15, -0.1) is 0 Å². The van der Waals surface area contributed by atoms with Gasteiger partial charge in [-0.3, -0.25) is 0 Å². The molecule has 1 heterocycles. The van der Waals surface area contributed by atoms with Crippen LogP contribution in [0.4, 0.5) is 0 Å². The molecule has 3 rings (SSSR count). The zero-order chi connectivity index (χ0) is 17.9. The number of hydrogen-bond acceptors (Lipinski definition) is 5. The summed E-state index contributed by atoms with van der Waals surface area (Å²) in [6.45, 7) is 13.0. The van der Waals surface area contributed by atoms with Crippen molar-refractivity contribution >= 4 is 11.9 Å². The average molecular weight is 334 g/mol. The summed E-state index contributed by atoms with van der Waals surface area (Å²) in [5, 5.41) is 11.1. The van der Waals surface area contributed by atoms with Gasteiger partial charge in [-0.05, 0) is 38.5 Å². The molecule has 132 valence electrons. The lowest BCUT2D eigenvalue weighted by Gasteiger charge is -2.57. The summed E-state index contributed by atoms with van der Waals surface area (Å²) >= 11 is 0. The van der Waals surface area contributed by atoms with E-state index >= 15 is 0 Å². The quantitative estimate of drug-likeness (QED) is 0.620. The predicted molar refractivity (Wildman–Crippen MR) is 87.9 cm³/mol. The molecule has 1 saturated heterocycles. The van der Waals surface area contributed by atoms with Crippen LogP contribution in [0, 0.1) is 17.3 Å². The van der Waals surface area contributed by atoms with Gasteiger partial charge in [0, 0.05) is 17.1 Å². The van der Waals surface area contributed by atoms with Crippen molar-refractivity contribution in [1.29, 1.82) is 0 Å². The standard InChI is InChI=1S/C19H26O5/c1-10(2)16(20)24-14-13-11(3)17(21)23-12(13)9-18(4)7-6-8-19(5,22)15(14)18/h12-15,22H,1,3,6-9H2,2,4-5H3/t12-,13-,14+,15+,18+,19+/m1/s1. The zero-order valence-corrected chi connectivity index (χ0v) is 14.6. The molecule has 3 fully saturated rings.